The van der Waals surface area contributed by atoms with Crippen molar-refractivity contribution >= 4 is 32.2 Å². The number of nitrogens with one attached hydrogen (secondary N) is 1. The van der Waals surface area contributed by atoms with Crippen molar-refractivity contribution in [3.05, 3.63) is 0 Å². The van der Waals surface area contributed by atoms with E-state index >= 15 is 0 Å². The maximum atomic E-state index is 10.6. The van der Waals surface area contributed by atoms with E-state index in [1.54, 1.807) is 6.92 Å². The Kier molecular flexibility index (Phi) is 3.79. The molecule has 4 heteroatoms. The number of rotatable bonds is 1. The molecule has 0 bridgehead atoms. The first kappa shape index (κ1) is 8.60. The van der Waals surface area contributed by atoms with Crippen molar-refractivity contribution in [3.8, 4) is 0 Å². The molecule has 0 spiro atoms. The Morgan fingerprint density at radius 1 is 1.60 bits per heavy atom. The summed E-state index contributed by atoms with van der Waals surface area (Å²) in [6, 6.07) is 0.521. The summed E-state index contributed by atoms with van der Waals surface area (Å²) in [7, 11) is 0. The zero-order chi connectivity index (χ0) is 7.40. The second-order valence-corrected chi connectivity index (χ2v) is 9.98. The molecule has 1 aliphatic heterocycles. The van der Waals surface area contributed by atoms with E-state index in [0.717, 1.165) is 26.3 Å². The molecule has 1 heterocycles. The van der Waals surface area contributed by atoms with Crippen molar-refractivity contribution in [3.63, 3.8) is 0 Å². The fourth-order valence-corrected chi connectivity index (χ4v) is 8.16. The Bertz CT molecular complexity index is 123. The van der Waals surface area contributed by atoms with Gasteiger partial charge >= 0.3 is 72.3 Å². The van der Waals surface area contributed by atoms with Gasteiger partial charge in [0.25, 0.3) is 0 Å². The van der Waals surface area contributed by atoms with Gasteiger partial charge in [0.1, 0.15) is 0 Å². The summed E-state index contributed by atoms with van der Waals surface area (Å²) in [5.74, 6) is 0.134. The molecule has 1 saturated heterocycles. The van der Waals surface area contributed by atoms with Crippen LogP contribution in [0.15, 0.2) is 0 Å². The van der Waals surface area contributed by atoms with Crippen LogP contribution < -0.4 is 5.32 Å². The SMILES string of the molecule is CC(=O)N[C@H]1CC[Se][Se]C1. The summed E-state index contributed by atoms with van der Waals surface area (Å²) >= 11 is 1.79. The van der Waals surface area contributed by atoms with Crippen molar-refractivity contribution in [1.82, 2.24) is 5.32 Å². The van der Waals surface area contributed by atoms with Crippen LogP contribution in [0.25, 0.3) is 0 Å². The summed E-state index contributed by atoms with van der Waals surface area (Å²) in [6.07, 6.45) is 1.22. The quantitative estimate of drug-likeness (QED) is 0.671. The van der Waals surface area contributed by atoms with Crippen LogP contribution in [-0.2, 0) is 4.79 Å². The molecule has 1 N–H and O–H groups in total. The number of carbonyl (C=O) groups is 1. The van der Waals surface area contributed by atoms with E-state index in [1.165, 1.54) is 17.1 Å². The molecular weight excluding hydrogens is 260 g/mol. The number of hydrogen-bond donors (Lipinski definition) is 1. The molecule has 1 rings (SSSR count). The molecule has 2 nitrogen and oxygen atoms in total. The fourth-order valence-electron chi connectivity index (χ4n) is 0.864. The minimum absolute atomic E-state index is 0.134. The van der Waals surface area contributed by atoms with Gasteiger partial charge in [-0.05, 0) is 0 Å². The molecule has 0 radical (unpaired) electrons. The fraction of sp³-hybridized carbons (Fsp3) is 0.833. The third-order valence-electron chi connectivity index (χ3n) is 1.31. The molecule has 1 atom stereocenters. The van der Waals surface area contributed by atoms with E-state index in [2.05, 4.69) is 5.32 Å². The zero-order valence-corrected chi connectivity index (χ0v) is 9.35. The molecule has 0 aromatic heterocycles. The first-order valence-corrected chi connectivity index (χ1v) is 10.1. The van der Waals surface area contributed by atoms with Crippen LogP contribution in [0, 0.1) is 0 Å². The third-order valence-corrected chi connectivity index (χ3v) is 8.75. The number of carbonyl (C=O) groups excluding carboxylic acids is 1. The van der Waals surface area contributed by atoms with Crippen LogP contribution >= 0.6 is 0 Å². The van der Waals surface area contributed by atoms with Gasteiger partial charge in [-0.2, -0.15) is 0 Å². The first-order chi connectivity index (χ1) is 4.79. The van der Waals surface area contributed by atoms with Gasteiger partial charge in [0, 0.05) is 0 Å². The van der Waals surface area contributed by atoms with Gasteiger partial charge in [0.05, 0.1) is 0 Å². The predicted molar refractivity (Wildman–Crippen MR) is 43.3 cm³/mol. The molecule has 1 aliphatic rings. The predicted octanol–water partition coefficient (Wildman–Crippen LogP) is 0.0548. The molecule has 0 aromatic rings. The molecule has 1 amide bonds. The molecule has 0 saturated carbocycles. The van der Waals surface area contributed by atoms with E-state index in [1.807, 2.05) is 0 Å². The summed E-state index contributed by atoms with van der Waals surface area (Å²) in [4.78, 5) is 10.6. The molecule has 0 aromatic carbocycles. The van der Waals surface area contributed by atoms with E-state index in [-0.39, 0.29) is 5.91 Å². The summed E-state index contributed by atoms with van der Waals surface area (Å²) in [6.45, 7) is 1.60. The first-order valence-electron chi connectivity index (χ1n) is 3.30. The van der Waals surface area contributed by atoms with Gasteiger partial charge in [-0.1, -0.05) is 0 Å². The van der Waals surface area contributed by atoms with Crippen LogP contribution in [-0.4, -0.2) is 38.2 Å². The van der Waals surface area contributed by atoms with E-state index < -0.39 is 0 Å². The van der Waals surface area contributed by atoms with Gasteiger partial charge in [0.2, 0.25) is 0 Å². The summed E-state index contributed by atoms with van der Waals surface area (Å²) < 4.78 is 0. The Hall–Kier alpha value is 0.509. The minimum atomic E-state index is 0.134. The average molecular weight is 271 g/mol. The Morgan fingerprint density at radius 2 is 2.40 bits per heavy atom. The second kappa shape index (κ2) is 4.40. The van der Waals surface area contributed by atoms with Crippen molar-refractivity contribution in [2.75, 3.05) is 0 Å². The van der Waals surface area contributed by atoms with Gasteiger partial charge in [0.15, 0.2) is 0 Å². The van der Waals surface area contributed by atoms with Gasteiger partial charge < -0.3 is 0 Å². The van der Waals surface area contributed by atoms with Gasteiger partial charge in [-0.15, -0.1) is 0 Å². The Balaban J connectivity index is 2.19. The second-order valence-electron chi connectivity index (χ2n) is 2.29. The van der Waals surface area contributed by atoms with Crippen LogP contribution in [0.3, 0.4) is 0 Å². The van der Waals surface area contributed by atoms with Crippen molar-refractivity contribution in [2.45, 2.75) is 30.0 Å². The van der Waals surface area contributed by atoms with Crippen molar-refractivity contribution < 1.29 is 4.79 Å². The summed E-state index contributed by atoms with van der Waals surface area (Å²) in [5.41, 5.74) is 0. The zero-order valence-electron chi connectivity index (χ0n) is 5.92. The topological polar surface area (TPSA) is 29.1 Å². The molecule has 1 fully saturated rings. The van der Waals surface area contributed by atoms with E-state index in [0.29, 0.717) is 6.04 Å². The maximum absolute atomic E-state index is 10.6. The number of hydrogen-bond acceptors (Lipinski definition) is 1. The molecule has 58 valence electrons. The summed E-state index contributed by atoms with van der Waals surface area (Å²) in [5, 5.41) is 5.61. The Labute approximate surface area is 72.4 Å². The molecule has 10 heavy (non-hydrogen) atoms. The third kappa shape index (κ3) is 3.07. The number of amides is 1. The molecular formula is C6H11NOSe2. The monoisotopic (exact) mass is 273 g/mol. The molecule has 0 unspecified atom stereocenters. The van der Waals surface area contributed by atoms with Crippen LogP contribution in [0.1, 0.15) is 13.3 Å². The average Bonchev–Trinajstić information content (AvgIpc) is 1.88. The van der Waals surface area contributed by atoms with Crippen molar-refractivity contribution in [1.29, 1.82) is 0 Å². The van der Waals surface area contributed by atoms with E-state index in [4.69, 9.17) is 0 Å². The van der Waals surface area contributed by atoms with Crippen LogP contribution in [0.2, 0.25) is 10.6 Å². The Morgan fingerprint density at radius 3 is 2.90 bits per heavy atom. The normalized spacial score (nSPS) is 25.9. The van der Waals surface area contributed by atoms with Crippen LogP contribution in [0.5, 0.6) is 0 Å². The molecule has 0 aliphatic carbocycles. The van der Waals surface area contributed by atoms with Gasteiger partial charge in [-0.25, -0.2) is 0 Å². The van der Waals surface area contributed by atoms with Crippen LogP contribution in [0.4, 0.5) is 0 Å². The van der Waals surface area contributed by atoms with Gasteiger partial charge in [-0.3, -0.25) is 0 Å². The standard InChI is InChI=1S/C6H11NOSe2/c1-5(8)7-6-2-3-9-10-4-6/h6H,2-4H2,1H3,(H,7,8)/t6-/m0/s1. The van der Waals surface area contributed by atoms with Crippen molar-refractivity contribution in [2.24, 2.45) is 0 Å². The van der Waals surface area contributed by atoms with E-state index in [9.17, 15) is 4.79 Å².